The largest absolute Gasteiger partial charge is 0.481 e. The van der Waals surface area contributed by atoms with E-state index in [2.05, 4.69) is 13.8 Å². The van der Waals surface area contributed by atoms with E-state index in [0.29, 0.717) is 25.7 Å². The molecular formula is C24H42O4. The van der Waals surface area contributed by atoms with Gasteiger partial charge in [0.15, 0.2) is 0 Å². The van der Waals surface area contributed by atoms with Crippen molar-refractivity contribution >= 4 is 11.9 Å². The Balaban J connectivity index is 1.75. The standard InChI is InChI=1S/C24H42O4/c1-19(2)11-7-4-3-5-8-16-24(17-9-6-10-18-24)28-23(27)21-14-12-20(13-15-21)22(25)26/h19-21H,3-18H2,1-2H3,(H,25,26). The van der Waals surface area contributed by atoms with Gasteiger partial charge in [-0.05, 0) is 70.1 Å². The molecule has 0 unspecified atom stereocenters. The number of unbranched alkanes of at least 4 members (excludes halogenated alkanes) is 4. The zero-order valence-corrected chi connectivity index (χ0v) is 18.2. The van der Waals surface area contributed by atoms with Gasteiger partial charge in [0.05, 0.1) is 11.8 Å². The molecule has 1 N–H and O–H groups in total. The summed E-state index contributed by atoms with van der Waals surface area (Å²) in [5.41, 5.74) is -0.239. The number of hydrogen-bond donors (Lipinski definition) is 1. The lowest BCUT2D eigenvalue weighted by atomic mass is 9.79. The van der Waals surface area contributed by atoms with Crippen molar-refractivity contribution in [2.45, 2.75) is 122 Å². The molecule has 2 rings (SSSR count). The van der Waals surface area contributed by atoms with Crippen LogP contribution in [-0.2, 0) is 14.3 Å². The molecule has 0 amide bonds. The van der Waals surface area contributed by atoms with Gasteiger partial charge in [0.2, 0.25) is 0 Å². The Bertz CT molecular complexity index is 471. The summed E-state index contributed by atoms with van der Waals surface area (Å²) < 4.78 is 6.19. The molecule has 0 bridgehead atoms. The molecule has 0 radical (unpaired) electrons. The van der Waals surface area contributed by atoms with Gasteiger partial charge in [-0.15, -0.1) is 0 Å². The minimum Gasteiger partial charge on any atom is -0.481 e. The number of carboxylic acid groups (broad SMARTS) is 1. The quantitative estimate of drug-likeness (QED) is 0.320. The van der Waals surface area contributed by atoms with E-state index in [9.17, 15) is 9.59 Å². The molecule has 0 spiro atoms. The minimum absolute atomic E-state index is 0.0531. The molecule has 2 aliphatic rings. The summed E-state index contributed by atoms with van der Waals surface area (Å²) in [6.45, 7) is 4.57. The summed E-state index contributed by atoms with van der Waals surface area (Å²) in [6, 6.07) is 0. The molecule has 0 heterocycles. The van der Waals surface area contributed by atoms with Gasteiger partial charge in [0.1, 0.15) is 5.60 Å². The van der Waals surface area contributed by atoms with Crippen LogP contribution >= 0.6 is 0 Å². The number of carboxylic acids is 1. The SMILES string of the molecule is CC(C)CCCCCCCC1(OC(=O)C2CCC(C(=O)O)CC2)CCCCC1. The van der Waals surface area contributed by atoms with Crippen molar-refractivity contribution in [1.82, 2.24) is 0 Å². The number of carbonyl (C=O) groups is 2. The molecule has 0 aliphatic heterocycles. The molecule has 162 valence electrons. The van der Waals surface area contributed by atoms with E-state index in [1.54, 1.807) is 0 Å². The highest BCUT2D eigenvalue weighted by Gasteiger charge is 2.38. The molecule has 0 aromatic rings. The van der Waals surface area contributed by atoms with Gasteiger partial charge in [-0.25, -0.2) is 0 Å². The molecule has 4 nitrogen and oxygen atoms in total. The first-order valence-electron chi connectivity index (χ1n) is 11.9. The molecule has 2 fully saturated rings. The third-order valence-corrected chi connectivity index (χ3v) is 6.91. The zero-order chi connectivity index (χ0) is 20.4. The Kier molecular flexibility index (Phi) is 9.81. The van der Waals surface area contributed by atoms with Gasteiger partial charge in [-0.1, -0.05) is 52.4 Å². The monoisotopic (exact) mass is 394 g/mol. The molecular weight excluding hydrogens is 352 g/mol. The number of esters is 1. The molecule has 0 atom stereocenters. The van der Waals surface area contributed by atoms with Crippen LogP contribution in [0.2, 0.25) is 0 Å². The van der Waals surface area contributed by atoms with Gasteiger partial charge >= 0.3 is 11.9 Å². The molecule has 4 heteroatoms. The van der Waals surface area contributed by atoms with E-state index in [-0.39, 0.29) is 23.4 Å². The van der Waals surface area contributed by atoms with E-state index in [1.165, 1.54) is 38.5 Å². The van der Waals surface area contributed by atoms with Gasteiger partial charge in [0.25, 0.3) is 0 Å². The zero-order valence-electron chi connectivity index (χ0n) is 18.2. The average molecular weight is 395 g/mol. The van der Waals surface area contributed by atoms with Crippen molar-refractivity contribution in [2.75, 3.05) is 0 Å². The molecule has 0 aromatic heterocycles. The third-order valence-electron chi connectivity index (χ3n) is 6.91. The Labute approximate surface area is 171 Å². The second kappa shape index (κ2) is 11.8. The smallest absolute Gasteiger partial charge is 0.309 e. The fourth-order valence-corrected chi connectivity index (χ4v) is 5.00. The Morgan fingerprint density at radius 2 is 1.46 bits per heavy atom. The highest BCUT2D eigenvalue weighted by atomic mass is 16.6. The van der Waals surface area contributed by atoms with E-state index in [4.69, 9.17) is 9.84 Å². The molecule has 0 aromatic carbocycles. The first-order valence-corrected chi connectivity index (χ1v) is 11.9. The lowest BCUT2D eigenvalue weighted by Gasteiger charge is -2.38. The van der Waals surface area contributed by atoms with Crippen LogP contribution in [0.15, 0.2) is 0 Å². The lowest BCUT2D eigenvalue weighted by molar-refractivity contribution is -0.172. The third kappa shape index (κ3) is 7.75. The van der Waals surface area contributed by atoms with E-state index >= 15 is 0 Å². The topological polar surface area (TPSA) is 63.6 Å². The fraction of sp³-hybridized carbons (Fsp3) is 0.917. The Hall–Kier alpha value is -1.06. The average Bonchev–Trinajstić information content (AvgIpc) is 2.67. The van der Waals surface area contributed by atoms with Crippen LogP contribution in [0.1, 0.15) is 117 Å². The predicted octanol–water partition coefficient (Wildman–Crippen LogP) is 6.51. The second-order valence-electron chi connectivity index (χ2n) is 9.75. The Morgan fingerprint density at radius 1 is 0.893 bits per heavy atom. The maximum absolute atomic E-state index is 12.8. The fourth-order valence-electron chi connectivity index (χ4n) is 5.00. The normalized spacial score (nSPS) is 24.8. The van der Waals surface area contributed by atoms with Crippen LogP contribution in [0, 0.1) is 17.8 Å². The summed E-state index contributed by atoms with van der Waals surface area (Å²) in [4.78, 5) is 23.9. The summed E-state index contributed by atoms with van der Waals surface area (Å²) >= 11 is 0. The van der Waals surface area contributed by atoms with Crippen molar-refractivity contribution < 1.29 is 19.4 Å². The molecule has 0 saturated heterocycles. The summed E-state index contributed by atoms with van der Waals surface area (Å²) in [7, 11) is 0. The molecule has 2 saturated carbocycles. The van der Waals surface area contributed by atoms with Crippen LogP contribution in [0.5, 0.6) is 0 Å². The van der Waals surface area contributed by atoms with Crippen LogP contribution in [0.3, 0.4) is 0 Å². The highest BCUT2D eigenvalue weighted by molar-refractivity contribution is 5.74. The second-order valence-corrected chi connectivity index (χ2v) is 9.75. The lowest BCUT2D eigenvalue weighted by Crippen LogP contribution is -2.40. The van der Waals surface area contributed by atoms with Crippen molar-refractivity contribution in [3.63, 3.8) is 0 Å². The van der Waals surface area contributed by atoms with Crippen molar-refractivity contribution in [1.29, 1.82) is 0 Å². The minimum atomic E-state index is -0.719. The van der Waals surface area contributed by atoms with Crippen molar-refractivity contribution in [2.24, 2.45) is 17.8 Å². The van der Waals surface area contributed by atoms with Crippen molar-refractivity contribution in [3.05, 3.63) is 0 Å². The summed E-state index contributed by atoms with van der Waals surface area (Å²) in [6.07, 6.45) is 16.8. The first-order chi connectivity index (χ1) is 13.4. The van der Waals surface area contributed by atoms with E-state index in [0.717, 1.165) is 44.4 Å². The van der Waals surface area contributed by atoms with Crippen LogP contribution < -0.4 is 0 Å². The summed E-state index contributed by atoms with van der Waals surface area (Å²) in [5, 5.41) is 9.15. The maximum atomic E-state index is 12.8. The van der Waals surface area contributed by atoms with Crippen LogP contribution in [0.25, 0.3) is 0 Å². The first kappa shape index (κ1) is 23.2. The van der Waals surface area contributed by atoms with Gasteiger partial charge in [-0.2, -0.15) is 0 Å². The van der Waals surface area contributed by atoms with Crippen molar-refractivity contribution in [3.8, 4) is 0 Å². The van der Waals surface area contributed by atoms with Crippen LogP contribution in [0.4, 0.5) is 0 Å². The maximum Gasteiger partial charge on any atom is 0.309 e. The number of aliphatic carboxylic acids is 1. The summed E-state index contributed by atoms with van der Waals surface area (Å²) in [5.74, 6) is -0.337. The van der Waals surface area contributed by atoms with E-state index < -0.39 is 5.97 Å². The van der Waals surface area contributed by atoms with E-state index in [1.807, 2.05) is 0 Å². The van der Waals surface area contributed by atoms with Gasteiger partial charge in [0, 0.05) is 0 Å². The number of rotatable bonds is 11. The Morgan fingerprint density at radius 3 is 2.07 bits per heavy atom. The van der Waals surface area contributed by atoms with Crippen LogP contribution in [-0.4, -0.2) is 22.6 Å². The van der Waals surface area contributed by atoms with Gasteiger partial charge < -0.3 is 9.84 Å². The predicted molar refractivity (Wildman–Crippen MR) is 112 cm³/mol. The number of hydrogen-bond acceptors (Lipinski definition) is 3. The number of carbonyl (C=O) groups excluding carboxylic acids is 1. The highest BCUT2D eigenvalue weighted by Crippen LogP contribution is 2.38. The molecule has 28 heavy (non-hydrogen) atoms. The van der Waals surface area contributed by atoms with Gasteiger partial charge in [-0.3, -0.25) is 9.59 Å². The number of ether oxygens (including phenoxy) is 1. The molecule has 2 aliphatic carbocycles.